The van der Waals surface area contributed by atoms with Gasteiger partial charge in [-0.15, -0.1) is 10.2 Å². The van der Waals surface area contributed by atoms with E-state index in [1.165, 1.54) is 7.11 Å². The summed E-state index contributed by atoms with van der Waals surface area (Å²) >= 11 is 5.64. The lowest BCUT2D eigenvalue weighted by Crippen LogP contribution is -2.44. The molecule has 1 rings (SSSR count). The minimum absolute atomic E-state index is 0.311. The van der Waals surface area contributed by atoms with Gasteiger partial charge in [-0.2, -0.15) is 0 Å². The second-order valence-electron chi connectivity index (χ2n) is 3.94. The molecule has 6 heteroatoms. The lowest BCUT2D eigenvalue weighted by Gasteiger charge is -2.27. The summed E-state index contributed by atoms with van der Waals surface area (Å²) in [4.78, 5) is 11.7. The zero-order chi connectivity index (χ0) is 12.9. The molecule has 0 aliphatic carbocycles. The van der Waals surface area contributed by atoms with E-state index < -0.39 is 5.54 Å². The van der Waals surface area contributed by atoms with Gasteiger partial charge in [0.1, 0.15) is 11.4 Å². The Morgan fingerprint density at radius 2 is 2.24 bits per heavy atom. The third-order valence-corrected chi connectivity index (χ3v) is 2.62. The molecular weight excluding hydrogens is 242 g/mol. The van der Waals surface area contributed by atoms with Crippen LogP contribution in [0.25, 0.3) is 0 Å². The third kappa shape index (κ3) is 3.56. The fourth-order valence-corrected chi connectivity index (χ4v) is 1.71. The highest BCUT2D eigenvalue weighted by atomic mass is 35.5. The van der Waals surface area contributed by atoms with Crippen molar-refractivity contribution in [3.05, 3.63) is 17.3 Å². The van der Waals surface area contributed by atoms with Gasteiger partial charge in [-0.3, -0.25) is 0 Å². The van der Waals surface area contributed by atoms with Crippen molar-refractivity contribution < 1.29 is 9.53 Å². The number of hydrogen-bond donors (Lipinski definition) is 1. The molecule has 0 saturated carbocycles. The summed E-state index contributed by atoms with van der Waals surface area (Å²) in [6.07, 6.45) is 1.49. The molecule has 17 heavy (non-hydrogen) atoms. The molecule has 0 aliphatic heterocycles. The molecule has 1 N–H and O–H groups in total. The number of anilines is 1. The van der Waals surface area contributed by atoms with E-state index in [0.29, 0.717) is 17.4 Å². The average molecular weight is 258 g/mol. The number of halogens is 1. The number of nitrogens with zero attached hydrogens (tertiary/aromatic N) is 2. The quantitative estimate of drug-likeness (QED) is 0.820. The van der Waals surface area contributed by atoms with Crippen LogP contribution in [0.4, 0.5) is 5.82 Å². The van der Waals surface area contributed by atoms with E-state index >= 15 is 0 Å². The maximum absolute atomic E-state index is 11.7. The molecule has 0 bridgehead atoms. The molecule has 0 aliphatic rings. The fourth-order valence-electron chi connectivity index (χ4n) is 1.61. The first-order valence-electron chi connectivity index (χ1n) is 5.37. The number of carbonyl (C=O) groups is 1. The molecule has 0 amide bonds. The number of ether oxygens (including phenoxy) is 1. The second-order valence-corrected chi connectivity index (χ2v) is 4.33. The molecule has 0 radical (unpaired) electrons. The Hall–Kier alpha value is -1.36. The van der Waals surface area contributed by atoms with E-state index in [1.807, 2.05) is 6.92 Å². The largest absolute Gasteiger partial charge is 0.467 e. The van der Waals surface area contributed by atoms with E-state index in [1.54, 1.807) is 19.1 Å². The molecule has 1 atom stereocenters. The van der Waals surface area contributed by atoms with Crippen LogP contribution in [0.2, 0.25) is 5.15 Å². The predicted molar refractivity (Wildman–Crippen MR) is 66.0 cm³/mol. The van der Waals surface area contributed by atoms with Gasteiger partial charge in [-0.05, 0) is 25.5 Å². The third-order valence-electron chi connectivity index (χ3n) is 2.42. The van der Waals surface area contributed by atoms with Gasteiger partial charge in [0.2, 0.25) is 0 Å². The zero-order valence-corrected chi connectivity index (χ0v) is 10.9. The number of hydrogen-bond acceptors (Lipinski definition) is 5. The van der Waals surface area contributed by atoms with E-state index in [0.717, 1.165) is 6.42 Å². The Bertz CT molecular complexity index is 383. The number of methoxy groups -OCH3 is 1. The minimum Gasteiger partial charge on any atom is -0.467 e. The summed E-state index contributed by atoms with van der Waals surface area (Å²) in [6, 6.07) is 3.28. The lowest BCUT2D eigenvalue weighted by molar-refractivity contribution is -0.145. The topological polar surface area (TPSA) is 64.1 Å². The molecule has 0 saturated heterocycles. The van der Waals surface area contributed by atoms with Crippen LogP contribution in [0, 0.1) is 0 Å². The molecule has 0 spiro atoms. The number of nitrogens with one attached hydrogen (secondary N) is 1. The van der Waals surface area contributed by atoms with Gasteiger partial charge < -0.3 is 10.1 Å². The molecule has 1 aromatic heterocycles. The van der Waals surface area contributed by atoms with Gasteiger partial charge in [0.25, 0.3) is 0 Å². The van der Waals surface area contributed by atoms with Gasteiger partial charge in [0, 0.05) is 0 Å². The summed E-state index contributed by atoms with van der Waals surface area (Å²) < 4.78 is 4.79. The standard InChI is InChI=1S/C11H16ClN3O2/c1-4-7-11(2,10(16)17-3)13-9-6-5-8(12)14-15-9/h5-6H,4,7H2,1-3H3,(H,13,15). The molecule has 5 nitrogen and oxygen atoms in total. The summed E-state index contributed by atoms with van der Waals surface area (Å²) in [6.45, 7) is 3.77. The molecular formula is C11H16ClN3O2. The van der Waals surface area contributed by atoms with E-state index in [9.17, 15) is 4.79 Å². The zero-order valence-electron chi connectivity index (χ0n) is 10.2. The molecule has 1 aromatic rings. The van der Waals surface area contributed by atoms with Gasteiger partial charge in [-0.25, -0.2) is 4.79 Å². The van der Waals surface area contributed by atoms with Crippen molar-refractivity contribution in [1.29, 1.82) is 0 Å². The normalized spacial score (nSPS) is 13.9. The van der Waals surface area contributed by atoms with Gasteiger partial charge >= 0.3 is 5.97 Å². The fraction of sp³-hybridized carbons (Fsp3) is 0.545. The van der Waals surface area contributed by atoms with E-state index in [-0.39, 0.29) is 5.97 Å². The Labute approximate surface area is 106 Å². The highest BCUT2D eigenvalue weighted by Crippen LogP contribution is 2.20. The van der Waals surface area contributed by atoms with E-state index in [4.69, 9.17) is 16.3 Å². The minimum atomic E-state index is -0.800. The first kappa shape index (κ1) is 13.7. The van der Waals surface area contributed by atoms with Crippen LogP contribution in [0.3, 0.4) is 0 Å². The van der Waals surface area contributed by atoms with E-state index in [2.05, 4.69) is 15.5 Å². The average Bonchev–Trinajstić information content (AvgIpc) is 2.31. The first-order chi connectivity index (χ1) is 8.01. The van der Waals surface area contributed by atoms with Crippen molar-refractivity contribution in [2.45, 2.75) is 32.2 Å². The lowest BCUT2D eigenvalue weighted by atomic mass is 9.96. The smallest absolute Gasteiger partial charge is 0.331 e. The van der Waals surface area contributed by atoms with Crippen molar-refractivity contribution in [2.75, 3.05) is 12.4 Å². The Balaban J connectivity index is 2.86. The first-order valence-corrected chi connectivity index (χ1v) is 5.75. The summed E-state index contributed by atoms with van der Waals surface area (Å²) in [5.74, 6) is 0.173. The Morgan fingerprint density at radius 3 is 2.71 bits per heavy atom. The summed E-state index contributed by atoms with van der Waals surface area (Å²) in [5, 5.41) is 10.9. The monoisotopic (exact) mass is 257 g/mol. The molecule has 94 valence electrons. The number of rotatable bonds is 5. The van der Waals surface area contributed by atoms with Gasteiger partial charge in [0.15, 0.2) is 5.15 Å². The van der Waals surface area contributed by atoms with Crippen molar-refractivity contribution in [3.63, 3.8) is 0 Å². The number of esters is 1. The van der Waals surface area contributed by atoms with Crippen LogP contribution < -0.4 is 5.32 Å². The van der Waals surface area contributed by atoms with Crippen LogP contribution in [0.1, 0.15) is 26.7 Å². The van der Waals surface area contributed by atoms with Crippen molar-refractivity contribution in [3.8, 4) is 0 Å². The van der Waals surface area contributed by atoms with Crippen LogP contribution in [0.5, 0.6) is 0 Å². The van der Waals surface area contributed by atoms with Gasteiger partial charge in [-0.1, -0.05) is 24.9 Å². The van der Waals surface area contributed by atoms with Gasteiger partial charge in [0.05, 0.1) is 7.11 Å². The maximum Gasteiger partial charge on any atom is 0.331 e. The maximum atomic E-state index is 11.7. The molecule has 0 aromatic carbocycles. The summed E-state index contributed by atoms with van der Waals surface area (Å²) in [5.41, 5.74) is -0.800. The molecule has 1 unspecified atom stereocenters. The number of carbonyl (C=O) groups excluding carboxylic acids is 1. The second kappa shape index (κ2) is 5.82. The van der Waals surface area contributed by atoms with Crippen molar-refractivity contribution in [1.82, 2.24) is 10.2 Å². The molecule has 1 heterocycles. The SMILES string of the molecule is CCCC(C)(Nc1ccc(Cl)nn1)C(=O)OC. The molecule has 0 fully saturated rings. The Morgan fingerprint density at radius 1 is 1.53 bits per heavy atom. The summed E-state index contributed by atoms with van der Waals surface area (Å²) in [7, 11) is 1.37. The van der Waals surface area contributed by atoms with Crippen molar-refractivity contribution in [2.24, 2.45) is 0 Å². The number of aromatic nitrogens is 2. The predicted octanol–water partition coefficient (Wildman–Crippen LogP) is 2.27. The van der Waals surface area contributed by atoms with Crippen LogP contribution in [-0.4, -0.2) is 28.8 Å². The Kier molecular flexibility index (Phi) is 4.69. The van der Waals surface area contributed by atoms with Crippen molar-refractivity contribution >= 4 is 23.4 Å². The highest BCUT2D eigenvalue weighted by molar-refractivity contribution is 6.29. The highest BCUT2D eigenvalue weighted by Gasteiger charge is 2.33. The van der Waals surface area contributed by atoms with Crippen LogP contribution >= 0.6 is 11.6 Å². The van der Waals surface area contributed by atoms with Crippen LogP contribution in [0.15, 0.2) is 12.1 Å². The van der Waals surface area contributed by atoms with Crippen LogP contribution in [-0.2, 0) is 9.53 Å².